The van der Waals surface area contributed by atoms with Gasteiger partial charge in [-0.15, -0.1) is 0 Å². The topological polar surface area (TPSA) is 43.4 Å². The van der Waals surface area contributed by atoms with E-state index in [2.05, 4.69) is 0 Å². The van der Waals surface area contributed by atoms with Crippen LogP contribution in [0.2, 0.25) is 0 Å². The Morgan fingerprint density at radius 3 is 2.59 bits per heavy atom. The Hall–Kier alpha value is -2.16. The van der Waals surface area contributed by atoms with Gasteiger partial charge in [0.15, 0.2) is 0 Å². The highest BCUT2D eigenvalue weighted by Gasteiger charge is 2.32. The molecule has 0 radical (unpaired) electrons. The number of aryl methyl sites for hydroxylation is 1. The van der Waals surface area contributed by atoms with Gasteiger partial charge in [-0.1, -0.05) is 12.1 Å². The van der Waals surface area contributed by atoms with E-state index in [1.165, 1.54) is 6.08 Å². The normalized spacial score (nSPS) is 17.1. The maximum atomic E-state index is 11.9. The van der Waals surface area contributed by atoms with E-state index < -0.39 is 11.6 Å². The second-order valence-electron chi connectivity index (χ2n) is 4.30. The van der Waals surface area contributed by atoms with Crippen molar-refractivity contribution in [3.8, 4) is 0 Å². The number of benzene rings is 1. The van der Waals surface area contributed by atoms with Gasteiger partial charge < -0.3 is 4.74 Å². The first-order valence-corrected chi connectivity index (χ1v) is 5.37. The lowest BCUT2D eigenvalue weighted by Gasteiger charge is -2.24. The number of carbonyl (C=O) groups is 2. The summed E-state index contributed by atoms with van der Waals surface area (Å²) in [4.78, 5) is 23.5. The van der Waals surface area contributed by atoms with E-state index in [1.807, 2.05) is 26.0 Å². The summed E-state index contributed by atoms with van der Waals surface area (Å²) < 4.78 is 5.40. The SMILES string of the molecule is CC1=COC2=CC(=O)C(=O)c3c(C)ccc1c32. The van der Waals surface area contributed by atoms with Crippen LogP contribution < -0.4 is 0 Å². The molecule has 1 aliphatic carbocycles. The van der Waals surface area contributed by atoms with Crippen LogP contribution >= 0.6 is 0 Å². The molecule has 1 heterocycles. The van der Waals surface area contributed by atoms with Crippen molar-refractivity contribution in [3.05, 3.63) is 46.7 Å². The third-order valence-electron chi connectivity index (χ3n) is 3.16. The average Bonchev–Trinajstić information content (AvgIpc) is 2.30. The molecule has 1 aromatic carbocycles. The number of carbonyl (C=O) groups excluding carboxylic acids is 2. The van der Waals surface area contributed by atoms with Crippen LogP contribution in [0.3, 0.4) is 0 Å². The summed E-state index contributed by atoms with van der Waals surface area (Å²) in [5, 5.41) is 0. The maximum Gasteiger partial charge on any atom is 0.234 e. The van der Waals surface area contributed by atoms with Gasteiger partial charge in [0.05, 0.1) is 6.26 Å². The first-order chi connectivity index (χ1) is 8.09. The van der Waals surface area contributed by atoms with Gasteiger partial charge in [-0.05, 0) is 30.5 Å². The molecule has 0 bridgehead atoms. The molecular weight excluding hydrogens is 216 g/mol. The zero-order valence-corrected chi connectivity index (χ0v) is 9.53. The zero-order chi connectivity index (χ0) is 12.2. The third-order valence-corrected chi connectivity index (χ3v) is 3.16. The van der Waals surface area contributed by atoms with Gasteiger partial charge in [0.1, 0.15) is 5.76 Å². The van der Waals surface area contributed by atoms with Gasteiger partial charge in [-0.25, -0.2) is 0 Å². The van der Waals surface area contributed by atoms with Crippen LogP contribution in [0, 0.1) is 6.92 Å². The second-order valence-corrected chi connectivity index (χ2v) is 4.30. The second kappa shape index (κ2) is 3.17. The zero-order valence-electron chi connectivity index (χ0n) is 9.53. The first-order valence-electron chi connectivity index (χ1n) is 5.37. The Bertz CT molecular complexity index is 633. The molecule has 0 aromatic heterocycles. The van der Waals surface area contributed by atoms with E-state index in [1.54, 1.807) is 6.26 Å². The molecule has 0 N–H and O–H groups in total. The molecule has 17 heavy (non-hydrogen) atoms. The number of hydrogen-bond acceptors (Lipinski definition) is 3. The molecule has 1 aliphatic heterocycles. The number of ketones is 2. The van der Waals surface area contributed by atoms with Gasteiger partial charge in [-0.3, -0.25) is 9.59 Å². The van der Waals surface area contributed by atoms with Crippen LogP contribution in [-0.4, -0.2) is 11.6 Å². The standard InChI is InChI=1S/C14H10O3/c1-7-3-4-9-8(2)6-17-11-5-10(15)14(16)12(7)13(9)11/h3-6H,1-2H3. The minimum absolute atomic E-state index is 0.443. The lowest BCUT2D eigenvalue weighted by molar-refractivity contribution is -0.111. The van der Waals surface area contributed by atoms with Crippen molar-refractivity contribution in [1.29, 1.82) is 0 Å². The Balaban J connectivity index is 2.44. The summed E-state index contributed by atoms with van der Waals surface area (Å²) >= 11 is 0. The fourth-order valence-electron chi connectivity index (χ4n) is 2.27. The lowest BCUT2D eigenvalue weighted by atomic mass is 9.84. The monoisotopic (exact) mass is 226 g/mol. The molecule has 3 rings (SSSR count). The minimum atomic E-state index is -0.513. The van der Waals surface area contributed by atoms with Crippen molar-refractivity contribution < 1.29 is 14.3 Å². The number of ether oxygens (including phenoxy) is 1. The number of Topliss-reactive ketones (excluding diaryl/α,β-unsaturated/α-hetero) is 1. The van der Waals surface area contributed by atoms with Gasteiger partial charge in [0.25, 0.3) is 0 Å². The Morgan fingerprint density at radius 1 is 1.06 bits per heavy atom. The summed E-state index contributed by atoms with van der Waals surface area (Å²) in [6, 6.07) is 3.82. The highest BCUT2D eigenvalue weighted by atomic mass is 16.5. The van der Waals surface area contributed by atoms with E-state index in [4.69, 9.17) is 4.74 Å². The van der Waals surface area contributed by atoms with Crippen molar-refractivity contribution >= 4 is 22.9 Å². The summed E-state index contributed by atoms with van der Waals surface area (Å²) in [6.45, 7) is 3.75. The molecule has 0 atom stereocenters. The highest BCUT2D eigenvalue weighted by Crippen LogP contribution is 2.38. The first kappa shape index (κ1) is 10.0. The smallest absolute Gasteiger partial charge is 0.234 e. The molecule has 3 nitrogen and oxygen atoms in total. The Kier molecular flexibility index (Phi) is 1.87. The molecule has 0 amide bonds. The molecular formula is C14H10O3. The molecule has 0 saturated carbocycles. The molecule has 3 heteroatoms. The highest BCUT2D eigenvalue weighted by molar-refractivity contribution is 6.50. The van der Waals surface area contributed by atoms with E-state index >= 15 is 0 Å². The predicted octanol–water partition coefficient (Wildman–Crippen LogP) is 2.49. The van der Waals surface area contributed by atoms with Gasteiger partial charge in [-0.2, -0.15) is 0 Å². The number of hydrogen-bond donors (Lipinski definition) is 0. The van der Waals surface area contributed by atoms with Crippen molar-refractivity contribution in [3.63, 3.8) is 0 Å². The fraction of sp³-hybridized carbons (Fsp3) is 0.143. The van der Waals surface area contributed by atoms with Crippen LogP contribution in [0.4, 0.5) is 0 Å². The molecule has 0 saturated heterocycles. The summed E-state index contributed by atoms with van der Waals surface area (Å²) in [5.74, 6) is -0.476. The Morgan fingerprint density at radius 2 is 1.82 bits per heavy atom. The van der Waals surface area contributed by atoms with Crippen molar-refractivity contribution in [2.45, 2.75) is 13.8 Å². The third kappa shape index (κ3) is 1.22. The molecule has 84 valence electrons. The van der Waals surface area contributed by atoms with Crippen LogP contribution in [0.1, 0.15) is 34.0 Å². The van der Waals surface area contributed by atoms with Crippen LogP contribution in [0.5, 0.6) is 0 Å². The maximum absolute atomic E-state index is 11.9. The van der Waals surface area contributed by atoms with Gasteiger partial charge in [0, 0.05) is 17.2 Å². The molecule has 0 unspecified atom stereocenters. The van der Waals surface area contributed by atoms with Crippen molar-refractivity contribution in [2.24, 2.45) is 0 Å². The van der Waals surface area contributed by atoms with Crippen LogP contribution in [0.15, 0.2) is 24.5 Å². The van der Waals surface area contributed by atoms with E-state index in [-0.39, 0.29) is 0 Å². The van der Waals surface area contributed by atoms with E-state index in [0.717, 1.165) is 22.3 Å². The van der Waals surface area contributed by atoms with Crippen molar-refractivity contribution in [1.82, 2.24) is 0 Å². The lowest BCUT2D eigenvalue weighted by Crippen LogP contribution is -2.22. The number of rotatable bonds is 0. The molecule has 0 spiro atoms. The minimum Gasteiger partial charge on any atom is -0.464 e. The van der Waals surface area contributed by atoms with E-state index in [0.29, 0.717) is 11.3 Å². The summed E-state index contributed by atoms with van der Waals surface area (Å²) in [5.41, 5.74) is 3.97. The van der Waals surface area contributed by atoms with Crippen LogP contribution in [-0.2, 0) is 9.53 Å². The number of allylic oxidation sites excluding steroid dienone is 2. The largest absolute Gasteiger partial charge is 0.464 e. The van der Waals surface area contributed by atoms with Gasteiger partial charge in [0.2, 0.25) is 11.6 Å². The van der Waals surface area contributed by atoms with Gasteiger partial charge >= 0.3 is 0 Å². The fourth-order valence-corrected chi connectivity index (χ4v) is 2.27. The van der Waals surface area contributed by atoms with E-state index in [9.17, 15) is 9.59 Å². The molecule has 1 aromatic rings. The molecule has 0 fully saturated rings. The summed E-state index contributed by atoms with van der Waals surface area (Å²) in [7, 11) is 0. The quantitative estimate of drug-likeness (QED) is 0.638. The molecule has 2 aliphatic rings. The average molecular weight is 226 g/mol. The van der Waals surface area contributed by atoms with Crippen molar-refractivity contribution in [2.75, 3.05) is 0 Å². The predicted molar refractivity (Wildman–Crippen MR) is 63.2 cm³/mol. The van der Waals surface area contributed by atoms with Crippen LogP contribution in [0.25, 0.3) is 11.3 Å². The summed E-state index contributed by atoms with van der Waals surface area (Å²) in [6.07, 6.45) is 2.88. The Labute approximate surface area is 98.4 Å².